The van der Waals surface area contributed by atoms with Gasteiger partial charge in [0.1, 0.15) is 0 Å². The maximum Gasteiger partial charge on any atom is 0.0575 e. The molecule has 22 heavy (non-hydrogen) atoms. The lowest BCUT2D eigenvalue weighted by Crippen LogP contribution is -2.18. The zero-order chi connectivity index (χ0) is 15.6. The van der Waals surface area contributed by atoms with Gasteiger partial charge in [0.15, 0.2) is 0 Å². The minimum absolute atomic E-state index is 0.449. The Morgan fingerprint density at radius 1 is 1.14 bits per heavy atom. The summed E-state index contributed by atoms with van der Waals surface area (Å²) in [5.74, 6) is 2.47. The first-order chi connectivity index (χ1) is 10.8. The van der Waals surface area contributed by atoms with Crippen LogP contribution in [0.25, 0.3) is 0 Å². The standard InChI is InChI=1S/C14H18Cl2O.C3H7NS/c15-13-7-4-8-14(16)12(13)9-10-17-11-5-2-1-3-6-11;1-2-5-3-4-1/h4,7-8,11H,1-3,5-6,9-10H2;4H,1-3H2. The largest absolute Gasteiger partial charge is 0.378 e. The van der Waals surface area contributed by atoms with E-state index in [1.165, 1.54) is 50.3 Å². The first-order valence-corrected chi connectivity index (χ1v) is 10.0. The second kappa shape index (κ2) is 10.8. The molecule has 3 rings (SSSR count). The fourth-order valence-electron chi connectivity index (χ4n) is 2.69. The van der Waals surface area contributed by atoms with E-state index in [4.69, 9.17) is 27.9 Å². The van der Waals surface area contributed by atoms with E-state index in [0.29, 0.717) is 12.7 Å². The molecule has 1 saturated heterocycles. The van der Waals surface area contributed by atoms with Crippen LogP contribution in [0.1, 0.15) is 37.7 Å². The molecule has 0 unspecified atom stereocenters. The van der Waals surface area contributed by atoms with Crippen molar-refractivity contribution in [2.45, 2.75) is 44.6 Å². The number of hydrogen-bond acceptors (Lipinski definition) is 3. The van der Waals surface area contributed by atoms with E-state index in [-0.39, 0.29) is 0 Å². The molecule has 1 heterocycles. The maximum absolute atomic E-state index is 6.11. The van der Waals surface area contributed by atoms with Crippen LogP contribution in [0.5, 0.6) is 0 Å². The predicted octanol–water partition coefficient (Wildman–Crippen LogP) is 5.17. The molecule has 5 heteroatoms. The van der Waals surface area contributed by atoms with E-state index < -0.39 is 0 Å². The summed E-state index contributed by atoms with van der Waals surface area (Å²) in [4.78, 5) is 0. The lowest BCUT2D eigenvalue weighted by molar-refractivity contribution is 0.0303. The first-order valence-electron chi connectivity index (χ1n) is 8.10. The summed E-state index contributed by atoms with van der Waals surface area (Å²) in [6, 6.07) is 5.63. The zero-order valence-corrected chi connectivity index (χ0v) is 15.3. The number of ether oxygens (including phenoxy) is 1. The van der Waals surface area contributed by atoms with Gasteiger partial charge in [-0.1, -0.05) is 48.5 Å². The smallest absolute Gasteiger partial charge is 0.0575 e. The molecule has 2 nitrogen and oxygen atoms in total. The van der Waals surface area contributed by atoms with E-state index >= 15 is 0 Å². The molecule has 1 saturated carbocycles. The molecule has 1 aliphatic carbocycles. The Morgan fingerprint density at radius 2 is 1.86 bits per heavy atom. The van der Waals surface area contributed by atoms with Crippen molar-refractivity contribution in [2.75, 3.05) is 24.8 Å². The number of nitrogens with one attached hydrogen (secondary N) is 1. The van der Waals surface area contributed by atoms with Crippen LogP contribution >= 0.6 is 35.0 Å². The molecule has 0 aromatic heterocycles. The van der Waals surface area contributed by atoms with Gasteiger partial charge in [-0.05, 0) is 37.0 Å². The summed E-state index contributed by atoms with van der Waals surface area (Å²) in [5, 5.41) is 4.67. The normalized spacial score (nSPS) is 18.8. The Balaban J connectivity index is 0.000000299. The summed E-state index contributed by atoms with van der Waals surface area (Å²) < 4.78 is 5.88. The van der Waals surface area contributed by atoms with Crippen molar-refractivity contribution >= 4 is 35.0 Å². The predicted molar refractivity (Wildman–Crippen MR) is 98.3 cm³/mol. The average molecular weight is 362 g/mol. The molecule has 1 aromatic carbocycles. The molecule has 0 radical (unpaired) electrons. The highest BCUT2D eigenvalue weighted by atomic mass is 35.5. The lowest BCUT2D eigenvalue weighted by Gasteiger charge is -2.22. The number of thioether (sulfide) groups is 1. The Bertz CT molecular complexity index is 407. The van der Waals surface area contributed by atoms with Gasteiger partial charge in [-0.15, -0.1) is 11.8 Å². The van der Waals surface area contributed by atoms with Crippen LogP contribution in [0.4, 0.5) is 0 Å². The summed E-state index contributed by atoms with van der Waals surface area (Å²) in [6.45, 7) is 1.93. The number of rotatable bonds is 4. The van der Waals surface area contributed by atoms with Crippen molar-refractivity contribution in [3.8, 4) is 0 Å². The Hall–Kier alpha value is 0.0700. The van der Waals surface area contributed by atoms with Gasteiger partial charge in [0.25, 0.3) is 0 Å². The summed E-state index contributed by atoms with van der Waals surface area (Å²) in [7, 11) is 0. The summed E-state index contributed by atoms with van der Waals surface area (Å²) >= 11 is 14.2. The maximum atomic E-state index is 6.11. The van der Waals surface area contributed by atoms with Crippen LogP contribution in [0.3, 0.4) is 0 Å². The van der Waals surface area contributed by atoms with Gasteiger partial charge in [-0.3, -0.25) is 0 Å². The fraction of sp³-hybridized carbons (Fsp3) is 0.647. The molecule has 124 valence electrons. The lowest BCUT2D eigenvalue weighted by atomic mass is 9.98. The quantitative estimate of drug-likeness (QED) is 0.799. The monoisotopic (exact) mass is 361 g/mol. The molecule has 1 N–H and O–H groups in total. The first kappa shape index (κ1) is 18.4. The van der Waals surface area contributed by atoms with E-state index in [1.807, 2.05) is 30.0 Å². The number of halogens is 2. The van der Waals surface area contributed by atoms with Crippen molar-refractivity contribution in [2.24, 2.45) is 0 Å². The van der Waals surface area contributed by atoms with Crippen LogP contribution in [0, 0.1) is 0 Å². The van der Waals surface area contributed by atoms with Crippen LogP contribution in [-0.4, -0.2) is 30.9 Å². The van der Waals surface area contributed by atoms with Crippen molar-refractivity contribution in [3.63, 3.8) is 0 Å². The van der Waals surface area contributed by atoms with E-state index in [1.54, 1.807) is 0 Å². The second-order valence-electron chi connectivity index (χ2n) is 5.63. The SMILES string of the molecule is C1CSCN1.Clc1cccc(Cl)c1CCOC1CCCCC1. The highest BCUT2D eigenvalue weighted by Gasteiger charge is 2.14. The molecule has 0 amide bonds. The van der Waals surface area contributed by atoms with Crippen LogP contribution in [0.2, 0.25) is 10.0 Å². The van der Waals surface area contributed by atoms with Gasteiger partial charge in [-0.2, -0.15) is 0 Å². The Kier molecular flexibility index (Phi) is 9.01. The van der Waals surface area contributed by atoms with Crippen LogP contribution in [0.15, 0.2) is 18.2 Å². The number of hydrogen-bond donors (Lipinski definition) is 1. The molecule has 0 bridgehead atoms. The van der Waals surface area contributed by atoms with E-state index in [0.717, 1.165) is 22.0 Å². The van der Waals surface area contributed by atoms with Gasteiger partial charge < -0.3 is 10.1 Å². The van der Waals surface area contributed by atoms with Crippen LogP contribution < -0.4 is 5.32 Å². The summed E-state index contributed by atoms with van der Waals surface area (Å²) in [5.41, 5.74) is 1.01. The molecule has 2 fully saturated rings. The Labute approximate surface area is 148 Å². The topological polar surface area (TPSA) is 21.3 Å². The molecule has 0 atom stereocenters. The van der Waals surface area contributed by atoms with Crippen molar-refractivity contribution in [3.05, 3.63) is 33.8 Å². The van der Waals surface area contributed by atoms with Gasteiger partial charge in [-0.25, -0.2) is 0 Å². The molecular weight excluding hydrogens is 337 g/mol. The van der Waals surface area contributed by atoms with Crippen LogP contribution in [-0.2, 0) is 11.2 Å². The van der Waals surface area contributed by atoms with Gasteiger partial charge >= 0.3 is 0 Å². The second-order valence-corrected chi connectivity index (χ2v) is 7.55. The Morgan fingerprint density at radius 3 is 2.41 bits per heavy atom. The molecule has 1 aliphatic heterocycles. The summed E-state index contributed by atoms with van der Waals surface area (Å²) in [6.07, 6.45) is 7.62. The van der Waals surface area contributed by atoms with Crippen molar-refractivity contribution < 1.29 is 4.74 Å². The van der Waals surface area contributed by atoms with E-state index in [2.05, 4.69) is 5.32 Å². The molecular formula is C17H25Cl2NOS. The minimum Gasteiger partial charge on any atom is -0.378 e. The number of benzene rings is 1. The van der Waals surface area contributed by atoms with Gasteiger partial charge in [0.05, 0.1) is 12.7 Å². The zero-order valence-electron chi connectivity index (χ0n) is 13.0. The molecule has 0 spiro atoms. The molecule has 1 aromatic rings. The third-order valence-electron chi connectivity index (χ3n) is 3.95. The highest BCUT2D eigenvalue weighted by Crippen LogP contribution is 2.25. The minimum atomic E-state index is 0.449. The van der Waals surface area contributed by atoms with E-state index in [9.17, 15) is 0 Å². The average Bonchev–Trinajstić information content (AvgIpc) is 3.11. The van der Waals surface area contributed by atoms with Crippen molar-refractivity contribution in [1.82, 2.24) is 5.32 Å². The molecule has 2 aliphatic rings. The van der Waals surface area contributed by atoms with Crippen molar-refractivity contribution in [1.29, 1.82) is 0 Å². The van der Waals surface area contributed by atoms with Gasteiger partial charge in [0, 0.05) is 28.2 Å². The van der Waals surface area contributed by atoms with Gasteiger partial charge in [0.2, 0.25) is 0 Å². The fourth-order valence-corrected chi connectivity index (χ4v) is 4.00. The third kappa shape index (κ3) is 6.67. The third-order valence-corrected chi connectivity index (χ3v) is 5.56. The highest BCUT2D eigenvalue weighted by molar-refractivity contribution is 7.99.